The van der Waals surface area contributed by atoms with E-state index in [1.54, 1.807) is 6.07 Å². The summed E-state index contributed by atoms with van der Waals surface area (Å²) in [6, 6.07) is 11.9. The zero-order chi connectivity index (χ0) is 16.3. The van der Waals surface area contributed by atoms with Crippen LogP contribution < -0.4 is 4.74 Å². The highest BCUT2D eigenvalue weighted by atomic mass is 79.9. The van der Waals surface area contributed by atoms with E-state index in [-0.39, 0.29) is 18.3 Å². The summed E-state index contributed by atoms with van der Waals surface area (Å²) in [7, 11) is 0. The molecule has 0 heterocycles. The third kappa shape index (κ3) is 4.03. The van der Waals surface area contributed by atoms with Crippen LogP contribution in [0.15, 0.2) is 46.9 Å². The molecule has 0 bridgehead atoms. The number of ether oxygens (including phenoxy) is 1. The Morgan fingerprint density at radius 1 is 1.09 bits per heavy atom. The molecule has 0 aliphatic carbocycles. The molecule has 0 saturated heterocycles. The Bertz CT molecular complexity index is 636. The predicted octanol–water partition coefficient (Wildman–Crippen LogP) is 6.17. The van der Waals surface area contributed by atoms with Crippen LogP contribution in [0.5, 0.6) is 5.75 Å². The van der Waals surface area contributed by atoms with Crippen molar-refractivity contribution in [2.24, 2.45) is 0 Å². The number of benzene rings is 2. The van der Waals surface area contributed by atoms with Gasteiger partial charge in [-0.2, -0.15) is 13.2 Å². The van der Waals surface area contributed by atoms with E-state index in [1.807, 2.05) is 44.2 Å². The smallest absolute Gasteiger partial charge is 0.420 e. The molecule has 5 heteroatoms. The van der Waals surface area contributed by atoms with Crippen molar-refractivity contribution in [3.63, 3.8) is 0 Å². The number of alkyl halides is 3. The molecule has 2 rings (SSSR count). The summed E-state index contributed by atoms with van der Waals surface area (Å²) in [4.78, 5) is 0. The Morgan fingerprint density at radius 2 is 1.73 bits per heavy atom. The van der Waals surface area contributed by atoms with Crippen LogP contribution in [0, 0.1) is 0 Å². The normalized spacial score (nSPS) is 11.8. The van der Waals surface area contributed by atoms with Gasteiger partial charge in [0.05, 0.1) is 5.56 Å². The number of hydrogen-bond donors (Lipinski definition) is 0. The lowest BCUT2D eigenvalue weighted by Gasteiger charge is -2.20. The summed E-state index contributed by atoms with van der Waals surface area (Å²) in [6.07, 6.45) is -4.46. The maximum Gasteiger partial charge on any atom is 0.420 e. The van der Waals surface area contributed by atoms with Crippen molar-refractivity contribution >= 4 is 15.9 Å². The Morgan fingerprint density at radius 3 is 2.27 bits per heavy atom. The molecule has 0 atom stereocenters. The molecule has 0 saturated carbocycles. The van der Waals surface area contributed by atoms with Gasteiger partial charge in [-0.25, -0.2) is 0 Å². The fraction of sp³-hybridized carbons (Fsp3) is 0.294. The van der Waals surface area contributed by atoms with Crippen molar-refractivity contribution in [3.8, 4) is 5.75 Å². The molecular formula is C17H16BrF3O. The fourth-order valence-corrected chi connectivity index (χ4v) is 2.62. The average Bonchev–Trinajstić information content (AvgIpc) is 2.45. The van der Waals surface area contributed by atoms with Crippen molar-refractivity contribution in [2.45, 2.75) is 32.5 Å². The largest absolute Gasteiger partial charge is 0.488 e. The predicted molar refractivity (Wildman–Crippen MR) is 84.0 cm³/mol. The maximum absolute atomic E-state index is 13.3. The fourth-order valence-electron chi connectivity index (χ4n) is 2.14. The van der Waals surface area contributed by atoms with Crippen LogP contribution in [0.1, 0.15) is 36.5 Å². The van der Waals surface area contributed by atoms with Crippen LogP contribution in [-0.4, -0.2) is 0 Å². The lowest BCUT2D eigenvalue weighted by atomic mass is 9.98. The van der Waals surface area contributed by atoms with E-state index in [0.29, 0.717) is 10.0 Å². The first-order valence-electron chi connectivity index (χ1n) is 6.86. The summed E-state index contributed by atoms with van der Waals surface area (Å²) in [5, 5.41) is 0. The minimum Gasteiger partial charge on any atom is -0.488 e. The summed E-state index contributed by atoms with van der Waals surface area (Å²) in [5.74, 6) is -0.168. The first-order chi connectivity index (χ1) is 10.3. The average molecular weight is 373 g/mol. The van der Waals surface area contributed by atoms with Crippen molar-refractivity contribution < 1.29 is 17.9 Å². The highest BCUT2D eigenvalue weighted by Crippen LogP contribution is 2.42. The molecule has 0 N–H and O–H groups in total. The van der Waals surface area contributed by atoms with Crippen LogP contribution >= 0.6 is 15.9 Å². The van der Waals surface area contributed by atoms with Gasteiger partial charge in [-0.3, -0.25) is 0 Å². The Balaban J connectivity index is 2.42. The first kappa shape index (κ1) is 16.9. The third-order valence-electron chi connectivity index (χ3n) is 3.24. The number of hydrogen-bond acceptors (Lipinski definition) is 1. The summed E-state index contributed by atoms with van der Waals surface area (Å²) in [6.45, 7) is 3.79. The van der Waals surface area contributed by atoms with E-state index in [2.05, 4.69) is 15.9 Å². The first-order valence-corrected chi connectivity index (χ1v) is 7.65. The molecule has 2 aromatic carbocycles. The van der Waals surface area contributed by atoms with Crippen LogP contribution in [0.25, 0.3) is 0 Å². The van der Waals surface area contributed by atoms with Crippen molar-refractivity contribution in [3.05, 3.63) is 63.6 Å². The molecule has 2 aromatic rings. The van der Waals surface area contributed by atoms with E-state index < -0.39 is 11.7 Å². The molecule has 0 radical (unpaired) electrons. The van der Waals surface area contributed by atoms with Gasteiger partial charge in [0.2, 0.25) is 0 Å². The monoisotopic (exact) mass is 372 g/mol. The molecule has 22 heavy (non-hydrogen) atoms. The summed E-state index contributed by atoms with van der Waals surface area (Å²) < 4.78 is 45.8. The van der Waals surface area contributed by atoms with Gasteiger partial charge in [-0.05, 0) is 29.2 Å². The molecule has 0 amide bonds. The Hall–Kier alpha value is -1.49. The SMILES string of the molecule is CC(C)c1cc(Br)cc(C(F)(F)F)c1OCc1ccccc1. The minimum absolute atomic E-state index is 0.0793. The van der Waals surface area contributed by atoms with Gasteiger partial charge in [0.15, 0.2) is 0 Å². The van der Waals surface area contributed by atoms with Crippen LogP contribution in [0.4, 0.5) is 13.2 Å². The van der Waals surface area contributed by atoms with Crippen molar-refractivity contribution in [1.82, 2.24) is 0 Å². The van der Waals surface area contributed by atoms with Crippen LogP contribution in [-0.2, 0) is 12.8 Å². The zero-order valence-corrected chi connectivity index (χ0v) is 13.8. The molecule has 118 valence electrons. The number of rotatable bonds is 4. The van der Waals surface area contributed by atoms with Gasteiger partial charge >= 0.3 is 6.18 Å². The Kier molecular flexibility index (Phi) is 5.16. The van der Waals surface area contributed by atoms with Gasteiger partial charge in [-0.1, -0.05) is 60.1 Å². The van der Waals surface area contributed by atoms with E-state index in [0.717, 1.165) is 11.6 Å². The van der Waals surface area contributed by atoms with E-state index in [9.17, 15) is 13.2 Å². The topological polar surface area (TPSA) is 9.23 Å². The van der Waals surface area contributed by atoms with Gasteiger partial charge in [0.25, 0.3) is 0 Å². The van der Waals surface area contributed by atoms with Gasteiger partial charge in [-0.15, -0.1) is 0 Å². The molecular weight excluding hydrogens is 357 g/mol. The van der Waals surface area contributed by atoms with Gasteiger partial charge in [0.1, 0.15) is 12.4 Å². The Labute approximate surface area is 136 Å². The summed E-state index contributed by atoms with van der Waals surface area (Å²) >= 11 is 3.15. The van der Waals surface area contributed by atoms with E-state index in [1.165, 1.54) is 0 Å². The quantitative estimate of drug-likeness (QED) is 0.623. The van der Waals surface area contributed by atoms with E-state index >= 15 is 0 Å². The standard InChI is InChI=1S/C17H16BrF3O/c1-11(2)14-8-13(18)9-15(17(19,20)21)16(14)22-10-12-6-4-3-5-7-12/h3-9,11H,10H2,1-2H3. The molecule has 0 aromatic heterocycles. The maximum atomic E-state index is 13.3. The second-order valence-corrected chi connectivity index (χ2v) is 6.21. The van der Waals surface area contributed by atoms with Gasteiger partial charge in [0, 0.05) is 4.47 Å². The molecule has 0 aliphatic heterocycles. The molecule has 0 spiro atoms. The van der Waals surface area contributed by atoms with Crippen LogP contribution in [0.3, 0.4) is 0 Å². The second kappa shape index (κ2) is 6.73. The minimum atomic E-state index is -4.46. The van der Waals surface area contributed by atoms with Crippen molar-refractivity contribution in [2.75, 3.05) is 0 Å². The third-order valence-corrected chi connectivity index (χ3v) is 3.69. The highest BCUT2D eigenvalue weighted by molar-refractivity contribution is 9.10. The van der Waals surface area contributed by atoms with E-state index in [4.69, 9.17) is 4.74 Å². The molecule has 0 aliphatic rings. The zero-order valence-electron chi connectivity index (χ0n) is 12.2. The highest BCUT2D eigenvalue weighted by Gasteiger charge is 2.36. The lowest BCUT2D eigenvalue weighted by molar-refractivity contribution is -0.139. The second-order valence-electron chi connectivity index (χ2n) is 5.30. The number of halogens is 4. The van der Waals surface area contributed by atoms with Crippen molar-refractivity contribution in [1.29, 1.82) is 0 Å². The van der Waals surface area contributed by atoms with Gasteiger partial charge < -0.3 is 4.74 Å². The summed E-state index contributed by atoms with van der Waals surface area (Å²) in [5.41, 5.74) is 0.618. The molecule has 0 fully saturated rings. The lowest BCUT2D eigenvalue weighted by Crippen LogP contribution is -2.11. The molecule has 0 unspecified atom stereocenters. The van der Waals surface area contributed by atoms with Crippen LogP contribution in [0.2, 0.25) is 0 Å². The molecule has 1 nitrogen and oxygen atoms in total.